The van der Waals surface area contributed by atoms with Crippen LogP contribution in [0.5, 0.6) is 0 Å². The van der Waals surface area contributed by atoms with Gasteiger partial charge in [0.15, 0.2) is 5.82 Å². The predicted octanol–water partition coefficient (Wildman–Crippen LogP) is 4.52. The highest BCUT2D eigenvalue weighted by molar-refractivity contribution is 5.80. The molecular weight excluding hydrogens is 448 g/mol. The van der Waals surface area contributed by atoms with Crippen molar-refractivity contribution in [2.45, 2.75) is 45.7 Å². The van der Waals surface area contributed by atoms with Gasteiger partial charge >= 0.3 is 0 Å². The summed E-state index contributed by atoms with van der Waals surface area (Å²) in [5.74, 6) is 2.38. The lowest BCUT2D eigenvalue weighted by molar-refractivity contribution is 0.532. The number of hydrogen-bond acceptors (Lipinski definition) is 6. The molecule has 0 radical (unpaired) electrons. The highest BCUT2D eigenvalue weighted by Gasteiger charge is 2.22. The van der Waals surface area contributed by atoms with Crippen molar-refractivity contribution < 1.29 is 0 Å². The second-order valence-electron chi connectivity index (χ2n) is 9.93. The van der Waals surface area contributed by atoms with Crippen molar-refractivity contribution in [3.8, 4) is 22.5 Å². The zero-order valence-corrected chi connectivity index (χ0v) is 20.8. The van der Waals surface area contributed by atoms with Gasteiger partial charge in [-0.05, 0) is 33.0 Å². The molecule has 0 aliphatic rings. The summed E-state index contributed by atoms with van der Waals surface area (Å²) in [5.41, 5.74) is 12.2. The Bertz CT molecular complexity index is 1430. The number of nitrogens with zero attached hydrogens (tertiary/aromatic N) is 6. The molecule has 0 unspecified atom stereocenters. The van der Waals surface area contributed by atoms with Gasteiger partial charge in [-0.2, -0.15) is 10.3 Å². The van der Waals surface area contributed by atoms with Crippen LogP contribution >= 0.6 is 0 Å². The molecule has 0 bridgehead atoms. The van der Waals surface area contributed by atoms with Gasteiger partial charge in [0.1, 0.15) is 5.82 Å². The van der Waals surface area contributed by atoms with Crippen molar-refractivity contribution in [1.82, 2.24) is 35.4 Å². The van der Waals surface area contributed by atoms with Gasteiger partial charge < -0.3 is 5.73 Å². The van der Waals surface area contributed by atoms with E-state index in [2.05, 4.69) is 96.0 Å². The van der Waals surface area contributed by atoms with E-state index in [4.69, 9.17) is 15.8 Å². The maximum atomic E-state index is 5.76. The van der Waals surface area contributed by atoms with Gasteiger partial charge in [0.25, 0.3) is 0 Å². The van der Waals surface area contributed by atoms with Crippen molar-refractivity contribution in [3.05, 3.63) is 101 Å². The maximum absolute atomic E-state index is 5.76. The Balaban J connectivity index is 1.42. The van der Waals surface area contributed by atoms with Gasteiger partial charge in [0.05, 0.1) is 6.54 Å². The lowest BCUT2D eigenvalue weighted by Gasteiger charge is -2.12. The number of benzene rings is 3. The predicted molar refractivity (Wildman–Crippen MR) is 140 cm³/mol. The number of aromatic nitrogens is 7. The van der Waals surface area contributed by atoms with Crippen molar-refractivity contribution in [3.63, 3.8) is 0 Å². The average Bonchev–Trinajstić information content (AvgIpc) is 3.56. The first-order valence-electron chi connectivity index (χ1n) is 12.0. The molecule has 3 N–H and O–H groups in total. The number of nitrogens with one attached hydrogen (secondary N) is 1. The van der Waals surface area contributed by atoms with E-state index in [1.165, 1.54) is 5.56 Å². The van der Waals surface area contributed by atoms with Crippen molar-refractivity contribution in [1.29, 1.82) is 0 Å². The molecule has 0 saturated heterocycles. The third kappa shape index (κ3) is 5.08. The molecule has 8 nitrogen and oxygen atoms in total. The highest BCUT2D eigenvalue weighted by Crippen LogP contribution is 2.30. The number of aromatic amines is 1. The Morgan fingerprint density at radius 2 is 1.50 bits per heavy atom. The SMILES string of the molecule is CC(C)(C)c1nc(Cc2ccc(CN)cc2)n(Cc2ccc(-c3ccccc3-c3nn[nH]n3)cc2)n1. The average molecular weight is 479 g/mol. The quantitative estimate of drug-likeness (QED) is 0.356. The van der Waals surface area contributed by atoms with Crippen LogP contribution in [-0.4, -0.2) is 35.4 Å². The summed E-state index contributed by atoms with van der Waals surface area (Å²) in [7, 11) is 0. The molecule has 0 spiro atoms. The van der Waals surface area contributed by atoms with Crippen LogP contribution in [0.4, 0.5) is 0 Å². The first kappa shape index (κ1) is 23.6. The molecule has 0 fully saturated rings. The van der Waals surface area contributed by atoms with Gasteiger partial charge in [-0.15, -0.1) is 10.2 Å². The van der Waals surface area contributed by atoms with E-state index >= 15 is 0 Å². The van der Waals surface area contributed by atoms with Gasteiger partial charge in [0.2, 0.25) is 5.82 Å². The van der Waals surface area contributed by atoms with Crippen molar-refractivity contribution in [2.24, 2.45) is 5.73 Å². The monoisotopic (exact) mass is 478 g/mol. The van der Waals surface area contributed by atoms with Gasteiger partial charge in [0, 0.05) is 23.9 Å². The van der Waals surface area contributed by atoms with Gasteiger partial charge in [-0.25, -0.2) is 9.67 Å². The fourth-order valence-electron chi connectivity index (χ4n) is 4.09. The standard InChI is InChI=1S/C28H30N8/c1-28(2,3)27-30-25(16-19-8-10-20(17-29)11-9-19)36(33-27)18-21-12-14-22(15-13-21)23-6-4-5-7-24(23)26-31-34-35-32-26/h4-15H,16-18,29H2,1-3H3,(H,31,32,34,35). The normalized spacial score (nSPS) is 11.7. The molecular formula is C28H30N8. The Labute approximate surface area is 210 Å². The summed E-state index contributed by atoms with van der Waals surface area (Å²) in [5, 5.41) is 19.4. The molecule has 2 aromatic heterocycles. The zero-order valence-electron chi connectivity index (χ0n) is 20.8. The molecule has 0 aliphatic heterocycles. The molecule has 8 heteroatoms. The van der Waals surface area contributed by atoms with E-state index in [9.17, 15) is 0 Å². The summed E-state index contributed by atoms with van der Waals surface area (Å²) in [6.45, 7) is 7.61. The fraction of sp³-hybridized carbons (Fsp3) is 0.250. The molecule has 36 heavy (non-hydrogen) atoms. The molecule has 2 heterocycles. The van der Waals surface area contributed by atoms with E-state index in [0.29, 0.717) is 25.3 Å². The summed E-state index contributed by atoms with van der Waals surface area (Å²) >= 11 is 0. The maximum Gasteiger partial charge on any atom is 0.205 e. The Morgan fingerprint density at radius 3 is 2.14 bits per heavy atom. The second-order valence-corrected chi connectivity index (χ2v) is 9.93. The highest BCUT2D eigenvalue weighted by atomic mass is 15.5. The lowest BCUT2D eigenvalue weighted by Crippen LogP contribution is -2.14. The molecule has 0 amide bonds. The van der Waals surface area contributed by atoms with Crippen LogP contribution in [0.3, 0.4) is 0 Å². The summed E-state index contributed by atoms with van der Waals surface area (Å²) in [6.07, 6.45) is 0.712. The molecule has 0 aliphatic carbocycles. The number of rotatable bonds is 7. The van der Waals surface area contributed by atoms with Crippen LogP contribution in [0.2, 0.25) is 0 Å². The molecule has 5 aromatic rings. The summed E-state index contributed by atoms with van der Waals surface area (Å²) < 4.78 is 2.03. The van der Waals surface area contributed by atoms with Crippen LogP contribution in [0.25, 0.3) is 22.5 Å². The number of hydrogen-bond donors (Lipinski definition) is 2. The van der Waals surface area contributed by atoms with Crippen LogP contribution in [0.1, 0.15) is 49.1 Å². The first-order valence-corrected chi connectivity index (χ1v) is 12.0. The van der Waals surface area contributed by atoms with E-state index in [1.807, 2.05) is 22.9 Å². The van der Waals surface area contributed by atoms with E-state index < -0.39 is 0 Å². The van der Waals surface area contributed by atoms with Crippen LogP contribution in [0.15, 0.2) is 72.8 Å². The third-order valence-corrected chi connectivity index (χ3v) is 6.15. The number of H-pyrrole nitrogens is 1. The van der Waals surface area contributed by atoms with Crippen LogP contribution in [0, 0.1) is 0 Å². The molecule has 0 atom stereocenters. The molecule has 3 aromatic carbocycles. The second kappa shape index (κ2) is 9.83. The molecule has 182 valence electrons. The van der Waals surface area contributed by atoms with Gasteiger partial charge in [-0.3, -0.25) is 0 Å². The third-order valence-electron chi connectivity index (χ3n) is 6.15. The van der Waals surface area contributed by atoms with Crippen LogP contribution < -0.4 is 5.73 Å². The number of nitrogens with two attached hydrogens (primary N) is 1. The Kier molecular flexibility index (Phi) is 6.43. The number of tetrazole rings is 1. The summed E-state index contributed by atoms with van der Waals surface area (Å²) in [6, 6.07) is 25.0. The zero-order chi connectivity index (χ0) is 25.1. The largest absolute Gasteiger partial charge is 0.326 e. The lowest BCUT2D eigenvalue weighted by atomic mass is 9.96. The molecule has 0 saturated carbocycles. The van der Waals surface area contributed by atoms with Crippen LogP contribution in [-0.2, 0) is 24.9 Å². The topological polar surface area (TPSA) is 111 Å². The van der Waals surface area contributed by atoms with Crippen molar-refractivity contribution in [2.75, 3.05) is 0 Å². The van der Waals surface area contributed by atoms with E-state index in [1.54, 1.807) is 0 Å². The minimum Gasteiger partial charge on any atom is -0.326 e. The Hall–Kier alpha value is -4.17. The fourth-order valence-corrected chi connectivity index (χ4v) is 4.09. The first-order chi connectivity index (χ1) is 17.4. The summed E-state index contributed by atoms with van der Waals surface area (Å²) in [4.78, 5) is 4.93. The van der Waals surface area contributed by atoms with E-state index in [-0.39, 0.29) is 5.41 Å². The molecule has 5 rings (SSSR count). The minimum atomic E-state index is -0.133. The van der Waals surface area contributed by atoms with Crippen molar-refractivity contribution >= 4 is 0 Å². The minimum absolute atomic E-state index is 0.133. The Morgan fingerprint density at radius 1 is 0.833 bits per heavy atom. The van der Waals surface area contributed by atoms with Gasteiger partial charge in [-0.1, -0.05) is 93.6 Å². The smallest absolute Gasteiger partial charge is 0.205 e. The van der Waals surface area contributed by atoms with E-state index in [0.717, 1.165) is 39.5 Å².